The van der Waals surface area contributed by atoms with Crippen molar-refractivity contribution in [3.63, 3.8) is 0 Å². The van der Waals surface area contributed by atoms with Gasteiger partial charge >= 0.3 is 5.97 Å². The SMILES string of the molecule is CCNc1nc(SCCC(=O)OC)c2[nH]cnc2n1. The van der Waals surface area contributed by atoms with Crippen molar-refractivity contribution in [1.82, 2.24) is 19.9 Å². The molecule has 2 N–H and O–H groups in total. The fraction of sp³-hybridized carbons (Fsp3) is 0.455. The monoisotopic (exact) mass is 281 g/mol. The first-order valence-electron chi connectivity index (χ1n) is 5.89. The molecule has 0 aliphatic heterocycles. The summed E-state index contributed by atoms with van der Waals surface area (Å²) < 4.78 is 4.61. The summed E-state index contributed by atoms with van der Waals surface area (Å²) in [5, 5.41) is 3.84. The van der Waals surface area contributed by atoms with Gasteiger partial charge in [-0.15, -0.1) is 11.8 Å². The van der Waals surface area contributed by atoms with Gasteiger partial charge in [0.05, 0.1) is 19.9 Å². The number of aromatic nitrogens is 4. The zero-order valence-corrected chi connectivity index (χ0v) is 11.6. The zero-order valence-electron chi connectivity index (χ0n) is 10.8. The van der Waals surface area contributed by atoms with Gasteiger partial charge in [0.1, 0.15) is 10.5 Å². The summed E-state index contributed by atoms with van der Waals surface area (Å²) in [5.41, 5.74) is 1.41. The first-order valence-corrected chi connectivity index (χ1v) is 6.87. The molecule has 0 unspecified atom stereocenters. The average molecular weight is 281 g/mol. The van der Waals surface area contributed by atoms with Crippen molar-refractivity contribution in [3.05, 3.63) is 6.33 Å². The number of esters is 1. The molecular formula is C11H15N5O2S. The lowest BCUT2D eigenvalue weighted by Crippen LogP contribution is -2.04. The number of aromatic amines is 1. The number of H-pyrrole nitrogens is 1. The van der Waals surface area contributed by atoms with Gasteiger partial charge < -0.3 is 15.0 Å². The van der Waals surface area contributed by atoms with Crippen LogP contribution in [0.15, 0.2) is 11.4 Å². The molecule has 0 amide bonds. The second kappa shape index (κ2) is 6.37. The Morgan fingerprint density at radius 2 is 2.37 bits per heavy atom. The molecule has 0 bridgehead atoms. The van der Waals surface area contributed by atoms with Crippen LogP contribution >= 0.6 is 11.8 Å². The average Bonchev–Trinajstić information content (AvgIpc) is 2.87. The fourth-order valence-electron chi connectivity index (χ4n) is 1.48. The second-order valence-corrected chi connectivity index (χ2v) is 4.74. The van der Waals surface area contributed by atoms with Gasteiger partial charge in [-0.3, -0.25) is 4.79 Å². The third kappa shape index (κ3) is 3.34. The van der Waals surface area contributed by atoms with Crippen molar-refractivity contribution < 1.29 is 9.53 Å². The van der Waals surface area contributed by atoms with Crippen LogP contribution in [0.25, 0.3) is 11.2 Å². The van der Waals surface area contributed by atoms with E-state index >= 15 is 0 Å². The number of rotatable bonds is 6. The Bertz CT molecular complexity index is 571. The Kier molecular flexibility index (Phi) is 4.56. The van der Waals surface area contributed by atoms with Crippen LogP contribution in [0.2, 0.25) is 0 Å². The number of hydrogen-bond donors (Lipinski definition) is 2. The van der Waals surface area contributed by atoms with Gasteiger partial charge in [-0.25, -0.2) is 9.97 Å². The standard InChI is InChI=1S/C11H15N5O2S/c1-3-12-11-15-9-8(13-6-14-9)10(16-11)19-5-4-7(17)18-2/h6H,3-5H2,1-2H3,(H2,12,13,14,15,16). The molecular weight excluding hydrogens is 266 g/mol. The van der Waals surface area contributed by atoms with Crippen LogP contribution in [0.4, 0.5) is 5.95 Å². The number of nitrogens with zero attached hydrogens (tertiary/aromatic N) is 3. The number of hydrogen-bond acceptors (Lipinski definition) is 7. The number of carbonyl (C=O) groups is 1. The van der Waals surface area contributed by atoms with Crippen LogP contribution in [-0.4, -0.2) is 45.3 Å². The molecule has 0 atom stereocenters. The van der Waals surface area contributed by atoms with Crippen molar-refractivity contribution >= 4 is 34.8 Å². The molecule has 7 nitrogen and oxygen atoms in total. The zero-order chi connectivity index (χ0) is 13.7. The largest absolute Gasteiger partial charge is 0.469 e. The van der Waals surface area contributed by atoms with E-state index in [2.05, 4.69) is 30.0 Å². The van der Waals surface area contributed by atoms with Crippen LogP contribution in [0.3, 0.4) is 0 Å². The van der Waals surface area contributed by atoms with E-state index in [0.717, 1.165) is 17.1 Å². The minimum Gasteiger partial charge on any atom is -0.469 e. The van der Waals surface area contributed by atoms with Crippen molar-refractivity contribution in [1.29, 1.82) is 0 Å². The molecule has 0 spiro atoms. The first-order chi connectivity index (χ1) is 9.24. The van der Waals surface area contributed by atoms with Gasteiger partial charge in [0.15, 0.2) is 5.65 Å². The minimum atomic E-state index is -0.227. The Hall–Kier alpha value is -1.83. The van der Waals surface area contributed by atoms with Crippen LogP contribution in [0.5, 0.6) is 0 Å². The lowest BCUT2D eigenvalue weighted by Gasteiger charge is -2.05. The molecule has 0 aliphatic rings. The van der Waals surface area contributed by atoms with E-state index in [4.69, 9.17) is 0 Å². The molecule has 0 fully saturated rings. The Morgan fingerprint density at radius 3 is 3.11 bits per heavy atom. The molecule has 2 rings (SSSR count). The molecule has 0 aromatic carbocycles. The molecule has 0 saturated heterocycles. The number of ether oxygens (including phenoxy) is 1. The van der Waals surface area contributed by atoms with Gasteiger partial charge in [-0.1, -0.05) is 0 Å². The Labute approximate surface area is 114 Å². The van der Waals surface area contributed by atoms with Crippen molar-refractivity contribution in [2.45, 2.75) is 18.4 Å². The van der Waals surface area contributed by atoms with E-state index in [1.54, 1.807) is 6.33 Å². The normalized spacial score (nSPS) is 10.6. The van der Waals surface area contributed by atoms with E-state index in [-0.39, 0.29) is 5.97 Å². The second-order valence-electron chi connectivity index (χ2n) is 3.66. The van der Waals surface area contributed by atoms with E-state index in [9.17, 15) is 4.79 Å². The lowest BCUT2D eigenvalue weighted by molar-refractivity contribution is -0.140. The smallest absolute Gasteiger partial charge is 0.306 e. The number of anilines is 1. The van der Waals surface area contributed by atoms with Crippen LogP contribution in [0, 0.1) is 0 Å². The molecule has 19 heavy (non-hydrogen) atoms. The van der Waals surface area contributed by atoms with Gasteiger partial charge in [0, 0.05) is 12.3 Å². The number of fused-ring (bicyclic) bond motifs is 1. The quantitative estimate of drug-likeness (QED) is 0.470. The third-order valence-corrected chi connectivity index (χ3v) is 3.34. The molecule has 2 aromatic heterocycles. The van der Waals surface area contributed by atoms with E-state index in [1.807, 2.05) is 6.92 Å². The lowest BCUT2D eigenvalue weighted by atomic mass is 10.5. The van der Waals surface area contributed by atoms with E-state index in [1.165, 1.54) is 18.9 Å². The summed E-state index contributed by atoms with van der Waals surface area (Å²) in [7, 11) is 1.38. The van der Waals surface area contributed by atoms with Gasteiger partial charge in [-0.05, 0) is 6.92 Å². The highest BCUT2D eigenvalue weighted by molar-refractivity contribution is 7.99. The maximum absolute atomic E-state index is 11.1. The van der Waals surface area contributed by atoms with Gasteiger partial charge in [0.2, 0.25) is 5.95 Å². The molecule has 2 aromatic rings. The van der Waals surface area contributed by atoms with Crippen molar-refractivity contribution in [2.24, 2.45) is 0 Å². The van der Waals surface area contributed by atoms with Crippen LogP contribution in [0.1, 0.15) is 13.3 Å². The number of nitrogens with one attached hydrogen (secondary N) is 2. The predicted octanol–water partition coefficient (Wildman–Crippen LogP) is 1.44. The van der Waals surface area contributed by atoms with Gasteiger partial charge in [0.25, 0.3) is 0 Å². The third-order valence-electron chi connectivity index (χ3n) is 2.36. The maximum atomic E-state index is 11.1. The van der Waals surface area contributed by atoms with Crippen LogP contribution < -0.4 is 5.32 Å². The fourth-order valence-corrected chi connectivity index (χ4v) is 2.39. The summed E-state index contributed by atoms with van der Waals surface area (Å²) in [5.74, 6) is 0.917. The number of thioether (sulfide) groups is 1. The molecule has 2 heterocycles. The highest BCUT2D eigenvalue weighted by Gasteiger charge is 2.11. The summed E-state index contributed by atoms with van der Waals surface area (Å²) >= 11 is 1.48. The molecule has 8 heteroatoms. The van der Waals surface area contributed by atoms with Crippen molar-refractivity contribution in [2.75, 3.05) is 24.7 Å². The van der Waals surface area contributed by atoms with E-state index in [0.29, 0.717) is 23.8 Å². The van der Waals surface area contributed by atoms with Crippen LogP contribution in [-0.2, 0) is 9.53 Å². The highest BCUT2D eigenvalue weighted by atomic mass is 32.2. The molecule has 0 radical (unpaired) electrons. The first kappa shape index (κ1) is 13.6. The van der Waals surface area contributed by atoms with Crippen molar-refractivity contribution in [3.8, 4) is 0 Å². The summed E-state index contributed by atoms with van der Waals surface area (Å²) in [4.78, 5) is 26.9. The van der Waals surface area contributed by atoms with Gasteiger partial charge in [-0.2, -0.15) is 4.98 Å². The summed E-state index contributed by atoms with van der Waals surface area (Å²) in [6, 6.07) is 0. The Balaban J connectivity index is 2.15. The minimum absolute atomic E-state index is 0.227. The predicted molar refractivity (Wildman–Crippen MR) is 73.2 cm³/mol. The molecule has 102 valence electrons. The number of carbonyl (C=O) groups excluding carboxylic acids is 1. The number of imidazole rings is 1. The molecule has 0 aliphatic carbocycles. The topological polar surface area (TPSA) is 92.8 Å². The Morgan fingerprint density at radius 1 is 1.53 bits per heavy atom. The summed E-state index contributed by atoms with van der Waals surface area (Å²) in [6.07, 6.45) is 1.93. The summed E-state index contributed by atoms with van der Waals surface area (Å²) in [6.45, 7) is 2.71. The number of methoxy groups -OCH3 is 1. The van der Waals surface area contributed by atoms with E-state index < -0.39 is 0 Å². The molecule has 0 saturated carbocycles. The highest BCUT2D eigenvalue weighted by Crippen LogP contribution is 2.24. The maximum Gasteiger partial charge on any atom is 0.306 e.